The molecule has 0 aliphatic heterocycles. The fourth-order valence-corrected chi connectivity index (χ4v) is 1.93. The highest BCUT2D eigenvalue weighted by Gasteiger charge is 2.12. The molecule has 2 rings (SSSR count). The number of nitrogens with two attached hydrogens (primary N) is 1. The predicted octanol–water partition coefficient (Wildman–Crippen LogP) is 2.48. The van der Waals surface area contributed by atoms with Crippen molar-refractivity contribution in [2.45, 2.75) is 26.9 Å². The van der Waals surface area contributed by atoms with Crippen LogP contribution in [0.3, 0.4) is 0 Å². The Morgan fingerprint density at radius 2 is 2.12 bits per heavy atom. The monoisotopic (exact) mass is 233 g/mol. The molecule has 3 nitrogen and oxygen atoms in total. The van der Waals surface area contributed by atoms with E-state index in [0.717, 1.165) is 23.4 Å². The molecule has 0 atom stereocenters. The summed E-state index contributed by atoms with van der Waals surface area (Å²) in [4.78, 5) is 0. The molecule has 0 radical (unpaired) electrons. The Kier molecular flexibility index (Phi) is 3.24. The van der Waals surface area contributed by atoms with Gasteiger partial charge in [-0.15, -0.1) is 0 Å². The Labute approximate surface area is 100 Å². The van der Waals surface area contributed by atoms with Gasteiger partial charge in [0.1, 0.15) is 5.82 Å². The maximum atomic E-state index is 13.9. The summed E-state index contributed by atoms with van der Waals surface area (Å²) in [6.07, 6.45) is 1.71. The van der Waals surface area contributed by atoms with Crippen LogP contribution >= 0.6 is 0 Å². The smallest absolute Gasteiger partial charge is 0.131 e. The van der Waals surface area contributed by atoms with E-state index in [2.05, 4.69) is 5.10 Å². The molecule has 4 heteroatoms. The van der Waals surface area contributed by atoms with E-state index in [9.17, 15) is 4.39 Å². The highest BCUT2D eigenvalue weighted by atomic mass is 19.1. The normalized spacial score (nSPS) is 10.8. The summed E-state index contributed by atoms with van der Waals surface area (Å²) >= 11 is 0. The Balaban J connectivity index is 2.49. The number of aromatic nitrogens is 2. The van der Waals surface area contributed by atoms with Gasteiger partial charge in [-0.2, -0.15) is 5.10 Å². The van der Waals surface area contributed by atoms with Crippen LogP contribution in [0.2, 0.25) is 0 Å². The van der Waals surface area contributed by atoms with E-state index in [0.29, 0.717) is 12.1 Å². The maximum Gasteiger partial charge on any atom is 0.131 e. The third-order valence-corrected chi connectivity index (χ3v) is 2.96. The number of halogens is 1. The largest absolute Gasteiger partial charge is 0.326 e. The summed E-state index contributed by atoms with van der Waals surface area (Å²) < 4.78 is 15.8. The van der Waals surface area contributed by atoms with Crippen molar-refractivity contribution in [3.63, 3.8) is 0 Å². The van der Waals surface area contributed by atoms with Crippen LogP contribution in [0.4, 0.5) is 4.39 Å². The topological polar surface area (TPSA) is 43.8 Å². The van der Waals surface area contributed by atoms with Gasteiger partial charge in [-0.1, -0.05) is 12.1 Å². The summed E-state index contributed by atoms with van der Waals surface area (Å²) in [5, 5.41) is 4.22. The Bertz CT molecular complexity index is 531. The van der Waals surface area contributed by atoms with Crippen LogP contribution < -0.4 is 5.73 Å². The lowest BCUT2D eigenvalue weighted by Crippen LogP contribution is -1.99. The molecule has 0 unspecified atom stereocenters. The van der Waals surface area contributed by atoms with Crippen molar-refractivity contribution in [1.82, 2.24) is 9.78 Å². The van der Waals surface area contributed by atoms with Gasteiger partial charge in [-0.25, -0.2) is 4.39 Å². The highest BCUT2D eigenvalue weighted by molar-refractivity contribution is 5.66. The highest BCUT2D eigenvalue weighted by Crippen LogP contribution is 2.26. The lowest BCUT2D eigenvalue weighted by molar-refractivity contribution is 0.627. The number of nitrogens with zero attached hydrogens (tertiary/aromatic N) is 2. The molecule has 0 saturated carbocycles. The molecule has 0 amide bonds. The predicted molar refractivity (Wildman–Crippen MR) is 65.9 cm³/mol. The molecule has 2 aromatic rings. The van der Waals surface area contributed by atoms with Crippen LogP contribution in [0.5, 0.6) is 0 Å². The second-order valence-electron chi connectivity index (χ2n) is 3.98. The molecule has 0 fully saturated rings. The number of benzene rings is 1. The lowest BCUT2D eigenvalue weighted by atomic mass is 10.0. The zero-order valence-electron chi connectivity index (χ0n) is 10.1. The zero-order chi connectivity index (χ0) is 12.4. The van der Waals surface area contributed by atoms with E-state index in [4.69, 9.17) is 5.73 Å². The SMILES string of the molecule is CCn1ncc(-c2ccc(CN)cc2F)c1C. The van der Waals surface area contributed by atoms with Gasteiger partial charge >= 0.3 is 0 Å². The summed E-state index contributed by atoms with van der Waals surface area (Å²) in [5.41, 5.74) is 8.68. The minimum atomic E-state index is -0.244. The van der Waals surface area contributed by atoms with Gasteiger partial charge in [0.25, 0.3) is 0 Å². The first-order valence-electron chi connectivity index (χ1n) is 5.68. The summed E-state index contributed by atoms with van der Waals surface area (Å²) in [6, 6.07) is 5.10. The average molecular weight is 233 g/mol. The van der Waals surface area contributed by atoms with E-state index in [1.807, 2.05) is 24.6 Å². The van der Waals surface area contributed by atoms with Crippen LogP contribution in [0.15, 0.2) is 24.4 Å². The molecular weight excluding hydrogens is 217 g/mol. The van der Waals surface area contributed by atoms with E-state index >= 15 is 0 Å². The fourth-order valence-electron chi connectivity index (χ4n) is 1.93. The number of hydrogen-bond acceptors (Lipinski definition) is 2. The van der Waals surface area contributed by atoms with Crippen molar-refractivity contribution in [1.29, 1.82) is 0 Å². The molecule has 1 aromatic carbocycles. The molecular formula is C13H16FN3. The van der Waals surface area contributed by atoms with Crippen molar-refractivity contribution in [2.24, 2.45) is 5.73 Å². The third kappa shape index (κ3) is 2.08. The first kappa shape index (κ1) is 11.8. The zero-order valence-corrected chi connectivity index (χ0v) is 10.1. The van der Waals surface area contributed by atoms with E-state index < -0.39 is 0 Å². The van der Waals surface area contributed by atoms with Crippen LogP contribution in [0.25, 0.3) is 11.1 Å². The Morgan fingerprint density at radius 1 is 1.35 bits per heavy atom. The maximum absolute atomic E-state index is 13.9. The minimum absolute atomic E-state index is 0.244. The van der Waals surface area contributed by atoms with Gasteiger partial charge in [-0.05, 0) is 25.5 Å². The third-order valence-electron chi connectivity index (χ3n) is 2.96. The molecule has 0 aliphatic carbocycles. The Hall–Kier alpha value is -1.68. The Morgan fingerprint density at radius 3 is 2.65 bits per heavy atom. The van der Waals surface area contributed by atoms with Gasteiger partial charge in [0.15, 0.2) is 0 Å². The first-order valence-corrected chi connectivity index (χ1v) is 5.68. The minimum Gasteiger partial charge on any atom is -0.326 e. The number of aryl methyl sites for hydroxylation is 1. The first-order chi connectivity index (χ1) is 8.17. The van der Waals surface area contributed by atoms with Crippen molar-refractivity contribution in [3.8, 4) is 11.1 Å². The molecule has 0 bridgehead atoms. The lowest BCUT2D eigenvalue weighted by Gasteiger charge is -2.05. The fraction of sp³-hybridized carbons (Fsp3) is 0.308. The summed E-state index contributed by atoms with van der Waals surface area (Å²) in [7, 11) is 0. The number of rotatable bonds is 3. The van der Waals surface area contributed by atoms with E-state index in [1.54, 1.807) is 12.3 Å². The number of hydrogen-bond donors (Lipinski definition) is 1. The molecule has 0 spiro atoms. The van der Waals surface area contributed by atoms with Gasteiger partial charge < -0.3 is 5.73 Å². The van der Waals surface area contributed by atoms with E-state index in [-0.39, 0.29) is 5.82 Å². The van der Waals surface area contributed by atoms with Gasteiger partial charge in [0, 0.05) is 29.9 Å². The second kappa shape index (κ2) is 4.67. The summed E-state index contributed by atoms with van der Waals surface area (Å²) in [5.74, 6) is -0.244. The van der Waals surface area contributed by atoms with Crippen LogP contribution in [-0.4, -0.2) is 9.78 Å². The molecule has 17 heavy (non-hydrogen) atoms. The molecule has 0 saturated heterocycles. The van der Waals surface area contributed by atoms with E-state index in [1.165, 1.54) is 6.07 Å². The van der Waals surface area contributed by atoms with Crippen LogP contribution in [0.1, 0.15) is 18.2 Å². The van der Waals surface area contributed by atoms with Gasteiger partial charge in [0.05, 0.1) is 6.20 Å². The standard InChI is InChI=1S/C13H16FN3/c1-3-17-9(2)12(8-16-17)11-5-4-10(7-15)6-13(11)14/h4-6,8H,3,7,15H2,1-2H3. The van der Waals surface area contributed by atoms with Crippen molar-refractivity contribution >= 4 is 0 Å². The van der Waals surface area contributed by atoms with Crippen LogP contribution in [0, 0.1) is 12.7 Å². The molecule has 2 N–H and O–H groups in total. The van der Waals surface area contributed by atoms with Gasteiger partial charge in [-0.3, -0.25) is 4.68 Å². The van der Waals surface area contributed by atoms with Crippen molar-refractivity contribution < 1.29 is 4.39 Å². The van der Waals surface area contributed by atoms with Gasteiger partial charge in [0.2, 0.25) is 0 Å². The molecule has 0 aliphatic rings. The molecule has 1 heterocycles. The van der Waals surface area contributed by atoms with Crippen LogP contribution in [-0.2, 0) is 13.1 Å². The molecule has 1 aromatic heterocycles. The van der Waals surface area contributed by atoms with Crippen molar-refractivity contribution in [3.05, 3.63) is 41.5 Å². The second-order valence-corrected chi connectivity index (χ2v) is 3.98. The summed E-state index contributed by atoms with van der Waals surface area (Å²) in [6.45, 7) is 5.10. The quantitative estimate of drug-likeness (QED) is 0.885. The van der Waals surface area contributed by atoms with Crippen molar-refractivity contribution in [2.75, 3.05) is 0 Å². The average Bonchev–Trinajstić information content (AvgIpc) is 2.70. The molecule has 90 valence electrons.